The summed E-state index contributed by atoms with van der Waals surface area (Å²) in [4.78, 5) is 9.99. The Balaban J connectivity index is 2.59. The van der Waals surface area contributed by atoms with Crippen molar-refractivity contribution >= 4 is 17.3 Å². The number of hydrogen-bond donors (Lipinski definition) is 3. The average molecular weight is 298 g/mol. The van der Waals surface area contributed by atoms with Gasteiger partial charge < -0.3 is 15.7 Å². The zero-order chi connectivity index (χ0) is 15.0. The van der Waals surface area contributed by atoms with Gasteiger partial charge in [0.25, 0.3) is 0 Å². The van der Waals surface area contributed by atoms with Crippen molar-refractivity contribution in [2.75, 3.05) is 13.1 Å². The maximum atomic E-state index is 10.3. The fourth-order valence-corrected chi connectivity index (χ4v) is 2.42. The first-order valence-electron chi connectivity index (χ1n) is 7.18. The molecule has 3 N–H and O–H groups in total. The minimum absolute atomic E-state index is 0.503. The number of hydrogen-bond acceptors (Lipinski definition) is 4. The third-order valence-electron chi connectivity index (χ3n) is 3.29. The highest BCUT2D eigenvalue weighted by molar-refractivity contribution is 7.11. The van der Waals surface area contributed by atoms with Crippen molar-refractivity contribution in [1.29, 1.82) is 0 Å². The Hall–Kier alpha value is -1.14. The lowest BCUT2D eigenvalue weighted by Crippen LogP contribution is -2.46. The lowest BCUT2D eigenvalue weighted by molar-refractivity contribution is 0.0367. The molecular weight excluding hydrogens is 272 g/mol. The van der Waals surface area contributed by atoms with Crippen molar-refractivity contribution < 1.29 is 5.11 Å². The third kappa shape index (κ3) is 5.46. The number of aliphatic imine (C=N–C) groups is 1. The molecule has 1 rings (SSSR count). The van der Waals surface area contributed by atoms with Crippen LogP contribution in [0, 0.1) is 6.92 Å². The molecule has 0 saturated heterocycles. The molecule has 0 radical (unpaired) electrons. The molecule has 1 aromatic rings. The Kier molecular flexibility index (Phi) is 6.95. The molecule has 0 unspecified atom stereocenters. The molecule has 1 aromatic heterocycles. The molecule has 20 heavy (non-hydrogen) atoms. The second-order valence-corrected chi connectivity index (χ2v) is 6.16. The minimum Gasteiger partial charge on any atom is -0.388 e. The molecular formula is C14H26N4OS. The van der Waals surface area contributed by atoms with Crippen LogP contribution in [0.25, 0.3) is 0 Å². The van der Waals surface area contributed by atoms with Crippen LogP contribution in [-0.4, -0.2) is 34.7 Å². The number of nitrogens with one attached hydrogen (secondary N) is 2. The number of guanidine groups is 1. The van der Waals surface area contributed by atoms with Gasteiger partial charge in [0.15, 0.2) is 5.96 Å². The van der Waals surface area contributed by atoms with Crippen LogP contribution >= 0.6 is 11.3 Å². The summed E-state index contributed by atoms with van der Waals surface area (Å²) < 4.78 is 0. The molecule has 0 aliphatic carbocycles. The van der Waals surface area contributed by atoms with Gasteiger partial charge >= 0.3 is 0 Å². The molecule has 0 aliphatic heterocycles. The molecule has 1 heterocycles. The predicted molar refractivity (Wildman–Crippen MR) is 85.2 cm³/mol. The normalized spacial score (nSPS) is 12.6. The Labute approximate surface area is 125 Å². The summed E-state index contributed by atoms with van der Waals surface area (Å²) in [5.41, 5.74) is -0.673. The minimum atomic E-state index is -0.673. The largest absolute Gasteiger partial charge is 0.388 e. The van der Waals surface area contributed by atoms with Gasteiger partial charge in [-0.15, -0.1) is 11.3 Å². The zero-order valence-corrected chi connectivity index (χ0v) is 13.7. The second kappa shape index (κ2) is 8.21. The predicted octanol–water partition coefficient (Wildman–Crippen LogP) is 2.06. The number of nitrogens with zero attached hydrogens (tertiary/aromatic N) is 2. The summed E-state index contributed by atoms with van der Waals surface area (Å²) in [6.45, 7) is 9.90. The van der Waals surface area contributed by atoms with Crippen LogP contribution in [0.4, 0.5) is 0 Å². The Morgan fingerprint density at radius 1 is 1.35 bits per heavy atom. The van der Waals surface area contributed by atoms with Crippen LogP contribution < -0.4 is 10.6 Å². The van der Waals surface area contributed by atoms with Crippen LogP contribution in [0.3, 0.4) is 0 Å². The van der Waals surface area contributed by atoms with Crippen molar-refractivity contribution in [3.8, 4) is 0 Å². The topological polar surface area (TPSA) is 69.5 Å². The zero-order valence-electron chi connectivity index (χ0n) is 12.9. The van der Waals surface area contributed by atoms with E-state index >= 15 is 0 Å². The van der Waals surface area contributed by atoms with Crippen molar-refractivity contribution in [2.24, 2.45) is 4.99 Å². The van der Waals surface area contributed by atoms with Gasteiger partial charge in [-0.3, -0.25) is 0 Å². The molecule has 0 saturated carbocycles. The molecule has 6 heteroatoms. The number of aromatic nitrogens is 1. The summed E-state index contributed by atoms with van der Waals surface area (Å²) in [5, 5.41) is 17.7. The first-order valence-corrected chi connectivity index (χ1v) is 8.00. The quantitative estimate of drug-likeness (QED) is 0.532. The van der Waals surface area contributed by atoms with E-state index in [0.29, 0.717) is 13.1 Å². The highest BCUT2D eigenvalue weighted by atomic mass is 32.1. The monoisotopic (exact) mass is 298 g/mol. The van der Waals surface area contributed by atoms with Gasteiger partial charge in [-0.05, 0) is 26.7 Å². The number of aryl methyl sites for hydroxylation is 1. The van der Waals surface area contributed by atoms with Gasteiger partial charge in [0.05, 0.1) is 12.1 Å². The van der Waals surface area contributed by atoms with Gasteiger partial charge in [0, 0.05) is 24.2 Å². The smallest absolute Gasteiger partial charge is 0.191 e. The van der Waals surface area contributed by atoms with Crippen molar-refractivity contribution in [3.63, 3.8) is 0 Å². The second-order valence-electron chi connectivity index (χ2n) is 4.84. The molecule has 0 bridgehead atoms. The average Bonchev–Trinajstić information content (AvgIpc) is 2.87. The first kappa shape index (κ1) is 16.9. The van der Waals surface area contributed by atoms with Gasteiger partial charge in [-0.25, -0.2) is 9.98 Å². The molecule has 0 aliphatic rings. The van der Waals surface area contributed by atoms with E-state index in [1.54, 1.807) is 11.3 Å². The van der Waals surface area contributed by atoms with Crippen LogP contribution in [-0.2, 0) is 6.54 Å². The third-order valence-corrected chi connectivity index (χ3v) is 4.18. The van der Waals surface area contributed by atoms with Gasteiger partial charge in [0.2, 0.25) is 0 Å². The van der Waals surface area contributed by atoms with Crippen LogP contribution in [0.1, 0.15) is 43.5 Å². The summed E-state index contributed by atoms with van der Waals surface area (Å²) in [6, 6.07) is 0. The Bertz CT molecular complexity index is 427. The fourth-order valence-electron chi connectivity index (χ4n) is 1.71. The van der Waals surface area contributed by atoms with Crippen LogP contribution in [0.2, 0.25) is 0 Å². The molecule has 0 atom stereocenters. The van der Waals surface area contributed by atoms with E-state index < -0.39 is 5.60 Å². The van der Waals surface area contributed by atoms with Crippen molar-refractivity contribution in [1.82, 2.24) is 15.6 Å². The lowest BCUT2D eigenvalue weighted by atomic mass is 9.98. The molecule has 0 spiro atoms. The Morgan fingerprint density at radius 3 is 2.55 bits per heavy atom. The maximum absolute atomic E-state index is 10.3. The maximum Gasteiger partial charge on any atom is 0.191 e. The van der Waals surface area contributed by atoms with Gasteiger partial charge in [0.1, 0.15) is 5.01 Å². The highest BCUT2D eigenvalue weighted by Crippen LogP contribution is 2.13. The molecule has 0 fully saturated rings. The number of rotatable bonds is 7. The van der Waals surface area contributed by atoms with Gasteiger partial charge in [-0.1, -0.05) is 13.8 Å². The van der Waals surface area contributed by atoms with E-state index in [-0.39, 0.29) is 0 Å². The summed E-state index contributed by atoms with van der Waals surface area (Å²) in [6.07, 6.45) is 3.31. The summed E-state index contributed by atoms with van der Waals surface area (Å²) in [5.74, 6) is 0.723. The van der Waals surface area contributed by atoms with E-state index in [4.69, 9.17) is 0 Å². The van der Waals surface area contributed by atoms with Crippen molar-refractivity contribution in [2.45, 2.75) is 52.7 Å². The summed E-state index contributed by atoms with van der Waals surface area (Å²) in [7, 11) is 0. The van der Waals surface area contributed by atoms with Crippen LogP contribution in [0.15, 0.2) is 11.2 Å². The molecule has 0 amide bonds. The number of thiazole rings is 1. The molecule has 0 aromatic carbocycles. The molecule has 5 nitrogen and oxygen atoms in total. The standard InChI is InChI=1S/C14H26N4OS/c1-5-14(19,6-2)10-18-13(15-7-3)17-9-12-16-8-11(4)20-12/h8,19H,5-7,9-10H2,1-4H3,(H2,15,17,18). The van der Waals surface area contributed by atoms with E-state index in [0.717, 1.165) is 30.4 Å². The van der Waals surface area contributed by atoms with E-state index in [1.807, 2.05) is 33.9 Å². The van der Waals surface area contributed by atoms with Crippen LogP contribution in [0.5, 0.6) is 0 Å². The SMILES string of the molecule is CCNC(=NCc1ncc(C)s1)NCC(O)(CC)CC. The first-order chi connectivity index (χ1) is 9.53. The Morgan fingerprint density at radius 2 is 2.05 bits per heavy atom. The van der Waals surface area contributed by atoms with E-state index in [2.05, 4.69) is 20.6 Å². The lowest BCUT2D eigenvalue weighted by Gasteiger charge is -2.26. The number of aliphatic hydroxyl groups is 1. The van der Waals surface area contributed by atoms with E-state index in [1.165, 1.54) is 4.88 Å². The fraction of sp³-hybridized carbons (Fsp3) is 0.714. The van der Waals surface area contributed by atoms with Crippen molar-refractivity contribution in [3.05, 3.63) is 16.1 Å². The molecule has 114 valence electrons. The van der Waals surface area contributed by atoms with E-state index in [9.17, 15) is 5.11 Å². The summed E-state index contributed by atoms with van der Waals surface area (Å²) >= 11 is 1.66. The highest BCUT2D eigenvalue weighted by Gasteiger charge is 2.22. The van der Waals surface area contributed by atoms with Gasteiger partial charge in [-0.2, -0.15) is 0 Å².